The number of benzene rings is 3. The van der Waals surface area contributed by atoms with Gasteiger partial charge in [0.1, 0.15) is 34.1 Å². The van der Waals surface area contributed by atoms with E-state index in [9.17, 15) is 27.1 Å². The standard InChI is InChI=1S/C32H35F2N3O6S/c1-42-28-5-3-2-4-22(28)19-36-13-10-32(11-14-36)12-15-43-29-16-21(25-8-7-23(33)17-26(25)34)6-9-30(29)44(40,41)37-20-24(38)18-27(37)31(39)35-32/h2-9,16-17,24,27,38H,10-15,18-20H2,1H3,(H,35,39)/t24-,27+/m1/s1. The highest BCUT2D eigenvalue weighted by molar-refractivity contribution is 7.89. The van der Waals surface area contributed by atoms with Crippen LogP contribution < -0.4 is 14.8 Å². The second-order valence-corrected chi connectivity index (χ2v) is 13.6. The lowest BCUT2D eigenvalue weighted by Crippen LogP contribution is -2.59. The predicted octanol–water partition coefficient (Wildman–Crippen LogP) is 3.70. The van der Waals surface area contributed by atoms with Gasteiger partial charge in [-0.2, -0.15) is 4.31 Å². The molecule has 3 aromatic carbocycles. The van der Waals surface area contributed by atoms with Crippen molar-refractivity contribution in [2.24, 2.45) is 0 Å². The smallest absolute Gasteiger partial charge is 0.247 e. The summed E-state index contributed by atoms with van der Waals surface area (Å²) < 4.78 is 68.8. The number of piperidine rings is 1. The average molecular weight is 628 g/mol. The minimum atomic E-state index is -4.30. The van der Waals surface area contributed by atoms with Crippen LogP contribution in [0.3, 0.4) is 0 Å². The fraction of sp³-hybridized carbons (Fsp3) is 0.406. The summed E-state index contributed by atoms with van der Waals surface area (Å²) in [6, 6.07) is 14.1. The van der Waals surface area contributed by atoms with Gasteiger partial charge in [0, 0.05) is 61.8 Å². The van der Waals surface area contributed by atoms with E-state index in [-0.39, 0.29) is 35.8 Å². The van der Waals surface area contributed by atoms with Crippen molar-refractivity contribution < 1.29 is 36.6 Å². The second-order valence-electron chi connectivity index (χ2n) is 11.7. The number of methoxy groups -OCH3 is 1. The van der Waals surface area contributed by atoms with Crippen LogP contribution >= 0.6 is 0 Å². The van der Waals surface area contributed by atoms with Crippen LogP contribution in [0.1, 0.15) is 31.2 Å². The van der Waals surface area contributed by atoms with Crippen molar-refractivity contribution in [3.05, 3.63) is 77.9 Å². The SMILES string of the molecule is COc1ccccc1CN1CCC2(CCOc3cc(-c4ccc(F)cc4F)ccc3S(=O)(=O)N3C[C@H](O)C[C@H]3C(=O)N2)CC1. The number of rotatable bonds is 4. The number of nitrogens with zero attached hydrogens (tertiary/aromatic N) is 2. The Morgan fingerprint density at radius 1 is 1.07 bits per heavy atom. The van der Waals surface area contributed by atoms with E-state index in [1.54, 1.807) is 7.11 Å². The number of likely N-dealkylation sites (tertiary alicyclic amines) is 1. The maximum Gasteiger partial charge on any atom is 0.247 e. The zero-order valence-electron chi connectivity index (χ0n) is 24.3. The van der Waals surface area contributed by atoms with E-state index in [1.807, 2.05) is 24.3 Å². The van der Waals surface area contributed by atoms with Gasteiger partial charge in [0.05, 0.1) is 19.8 Å². The number of fused-ring (bicyclic) bond motifs is 2. The Bertz CT molecular complexity index is 1660. The number of carbonyl (C=O) groups excluding carboxylic acids is 1. The lowest BCUT2D eigenvalue weighted by Gasteiger charge is -2.43. The minimum absolute atomic E-state index is 0.00414. The van der Waals surface area contributed by atoms with E-state index < -0.39 is 45.2 Å². The van der Waals surface area contributed by atoms with Crippen molar-refractivity contribution in [3.63, 3.8) is 0 Å². The molecule has 12 heteroatoms. The third-order valence-corrected chi connectivity index (χ3v) is 10.8. The Morgan fingerprint density at radius 3 is 2.59 bits per heavy atom. The molecule has 9 nitrogen and oxygen atoms in total. The van der Waals surface area contributed by atoms with Crippen LogP contribution in [0.25, 0.3) is 11.1 Å². The number of nitrogens with one attached hydrogen (secondary N) is 1. The van der Waals surface area contributed by atoms with E-state index in [0.29, 0.717) is 44.5 Å². The lowest BCUT2D eigenvalue weighted by molar-refractivity contribution is -0.127. The summed E-state index contributed by atoms with van der Waals surface area (Å²) in [4.78, 5) is 15.8. The lowest BCUT2D eigenvalue weighted by atomic mass is 9.84. The molecule has 0 bridgehead atoms. The third kappa shape index (κ3) is 5.91. The normalized spacial score (nSPS) is 23.6. The minimum Gasteiger partial charge on any atom is -0.496 e. The van der Waals surface area contributed by atoms with Gasteiger partial charge < -0.3 is 19.9 Å². The highest BCUT2D eigenvalue weighted by atomic mass is 32.2. The predicted molar refractivity (Wildman–Crippen MR) is 159 cm³/mol. The second kappa shape index (κ2) is 12.1. The van der Waals surface area contributed by atoms with Crippen molar-refractivity contribution >= 4 is 15.9 Å². The topological polar surface area (TPSA) is 108 Å². The van der Waals surface area contributed by atoms with Crippen LogP contribution in [-0.2, 0) is 21.4 Å². The molecule has 3 aliphatic heterocycles. The molecule has 0 unspecified atom stereocenters. The molecule has 3 aromatic rings. The van der Waals surface area contributed by atoms with E-state index in [1.165, 1.54) is 24.3 Å². The Hall–Kier alpha value is -3.58. The van der Waals surface area contributed by atoms with Gasteiger partial charge in [-0.3, -0.25) is 9.69 Å². The van der Waals surface area contributed by atoms with Crippen LogP contribution in [0.2, 0.25) is 0 Å². The van der Waals surface area contributed by atoms with Gasteiger partial charge in [-0.05, 0) is 48.7 Å². The molecule has 2 fully saturated rings. The fourth-order valence-electron chi connectivity index (χ4n) is 6.49. The number of sulfonamides is 1. The van der Waals surface area contributed by atoms with Gasteiger partial charge in [-0.1, -0.05) is 24.3 Å². The maximum atomic E-state index is 14.7. The number of aliphatic hydroxyl groups excluding tert-OH is 1. The zero-order valence-corrected chi connectivity index (χ0v) is 25.2. The quantitative estimate of drug-likeness (QED) is 0.454. The molecule has 3 aliphatic rings. The molecule has 2 saturated heterocycles. The van der Waals surface area contributed by atoms with Crippen LogP contribution in [0.5, 0.6) is 11.5 Å². The molecule has 3 heterocycles. The highest BCUT2D eigenvalue weighted by Gasteiger charge is 2.47. The summed E-state index contributed by atoms with van der Waals surface area (Å²) in [6.07, 6.45) is 0.570. The number of halogens is 2. The van der Waals surface area contributed by atoms with Crippen LogP contribution in [0, 0.1) is 11.6 Å². The number of ether oxygens (including phenoxy) is 2. The van der Waals surface area contributed by atoms with Gasteiger partial charge in [-0.15, -0.1) is 0 Å². The Morgan fingerprint density at radius 2 is 1.84 bits per heavy atom. The van der Waals surface area contributed by atoms with Crippen LogP contribution in [-0.4, -0.2) is 79.7 Å². The van der Waals surface area contributed by atoms with Crippen molar-refractivity contribution in [3.8, 4) is 22.6 Å². The molecule has 1 amide bonds. The van der Waals surface area contributed by atoms with Crippen molar-refractivity contribution in [2.45, 2.75) is 54.8 Å². The molecule has 0 radical (unpaired) electrons. The van der Waals surface area contributed by atoms with Gasteiger partial charge in [0.25, 0.3) is 0 Å². The maximum absolute atomic E-state index is 14.7. The number of amides is 1. The number of aliphatic hydroxyl groups is 1. The summed E-state index contributed by atoms with van der Waals surface area (Å²) in [6.45, 7) is 1.89. The molecule has 2 N–H and O–H groups in total. The van der Waals surface area contributed by atoms with Crippen LogP contribution in [0.4, 0.5) is 8.78 Å². The first-order valence-corrected chi connectivity index (χ1v) is 16.1. The van der Waals surface area contributed by atoms with Crippen LogP contribution in [0.15, 0.2) is 65.6 Å². The monoisotopic (exact) mass is 627 g/mol. The summed E-state index contributed by atoms with van der Waals surface area (Å²) in [5.74, 6) is -1.15. The average Bonchev–Trinajstić information content (AvgIpc) is 3.41. The Balaban J connectivity index is 1.31. The summed E-state index contributed by atoms with van der Waals surface area (Å²) in [7, 11) is -2.65. The Kier molecular flexibility index (Phi) is 8.35. The van der Waals surface area contributed by atoms with E-state index in [4.69, 9.17) is 9.47 Å². The van der Waals surface area contributed by atoms with Gasteiger partial charge in [0.2, 0.25) is 15.9 Å². The molecule has 0 aliphatic carbocycles. The van der Waals surface area contributed by atoms with Crippen molar-refractivity contribution in [2.75, 3.05) is 33.4 Å². The first-order valence-electron chi connectivity index (χ1n) is 14.7. The molecule has 0 saturated carbocycles. The molecule has 6 rings (SSSR count). The molecular formula is C32H35F2N3O6S. The molecule has 44 heavy (non-hydrogen) atoms. The largest absolute Gasteiger partial charge is 0.496 e. The Labute approximate surface area is 255 Å². The van der Waals surface area contributed by atoms with Crippen molar-refractivity contribution in [1.29, 1.82) is 0 Å². The highest BCUT2D eigenvalue weighted by Crippen LogP contribution is 2.38. The molecule has 1 spiro atoms. The molecule has 0 aromatic heterocycles. The van der Waals surface area contributed by atoms with E-state index >= 15 is 0 Å². The molecular weight excluding hydrogens is 592 g/mol. The van der Waals surface area contributed by atoms with Gasteiger partial charge >= 0.3 is 0 Å². The van der Waals surface area contributed by atoms with E-state index in [2.05, 4.69) is 10.2 Å². The van der Waals surface area contributed by atoms with Gasteiger partial charge in [-0.25, -0.2) is 17.2 Å². The summed E-state index contributed by atoms with van der Waals surface area (Å²) >= 11 is 0. The zero-order chi connectivity index (χ0) is 31.1. The van der Waals surface area contributed by atoms with Crippen molar-refractivity contribution in [1.82, 2.24) is 14.5 Å². The number of hydrogen-bond acceptors (Lipinski definition) is 7. The fourth-order valence-corrected chi connectivity index (χ4v) is 8.24. The number of para-hydroxylation sites is 1. The molecule has 2 atom stereocenters. The third-order valence-electron chi connectivity index (χ3n) is 8.93. The first-order chi connectivity index (χ1) is 21.1. The molecule has 234 valence electrons. The summed E-state index contributed by atoms with van der Waals surface area (Å²) in [5, 5.41) is 13.7. The van der Waals surface area contributed by atoms with Gasteiger partial charge in [0.15, 0.2) is 0 Å². The summed E-state index contributed by atoms with van der Waals surface area (Å²) in [5.41, 5.74) is 0.807. The number of carbonyl (C=O) groups is 1. The number of hydrogen-bond donors (Lipinski definition) is 2. The van der Waals surface area contributed by atoms with E-state index in [0.717, 1.165) is 27.8 Å². The first kappa shape index (κ1) is 30.4.